The molecule has 0 rings (SSSR count). The van der Waals surface area contributed by atoms with Gasteiger partial charge in [0.15, 0.2) is 0 Å². The van der Waals surface area contributed by atoms with Gasteiger partial charge in [-0.3, -0.25) is 4.79 Å². The minimum absolute atomic E-state index is 0.346. The Bertz CT molecular complexity index is 320. The summed E-state index contributed by atoms with van der Waals surface area (Å²) in [6.07, 6.45) is 27.3. The lowest BCUT2D eigenvalue weighted by Gasteiger charge is -2.03. The first kappa shape index (κ1) is 32.6. The van der Waals surface area contributed by atoms with Gasteiger partial charge < -0.3 is 16.2 Å². The van der Waals surface area contributed by atoms with Crippen LogP contribution in [0.2, 0.25) is 0 Å². The molecule has 0 radical (unpaired) electrons. The third kappa shape index (κ3) is 37.1. The van der Waals surface area contributed by atoms with Crippen molar-refractivity contribution in [3.05, 3.63) is 0 Å². The lowest BCUT2D eigenvalue weighted by molar-refractivity contribution is -0.137. The van der Waals surface area contributed by atoms with Crippen LogP contribution in [-0.2, 0) is 4.79 Å². The van der Waals surface area contributed by atoms with Crippen molar-refractivity contribution in [1.29, 1.82) is 0 Å². The number of nitrogens with one attached hydrogen (secondary N) is 1. The van der Waals surface area contributed by atoms with Gasteiger partial charge in [0.25, 0.3) is 0 Å². The molecule has 0 fully saturated rings. The number of hydrogen-bond donors (Lipinski definition) is 3. The molecule has 0 aliphatic heterocycles. The van der Waals surface area contributed by atoms with Gasteiger partial charge >= 0.3 is 5.97 Å². The lowest BCUT2D eigenvalue weighted by atomic mass is 10.0. The van der Waals surface area contributed by atoms with E-state index in [1.54, 1.807) is 0 Å². The van der Waals surface area contributed by atoms with E-state index >= 15 is 0 Å². The van der Waals surface area contributed by atoms with E-state index < -0.39 is 5.97 Å². The van der Waals surface area contributed by atoms with Gasteiger partial charge in [-0.2, -0.15) is 0 Å². The van der Waals surface area contributed by atoms with E-state index in [0.29, 0.717) is 6.42 Å². The second-order valence-electron chi connectivity index (χ2n) is 9.05. The summed E-state index contributed by atoms with van der Waals surface area (Å²) in [6, 6.07) is 0. The standard InChI is InChI=1S/C22H44O2.C5H14N2/c1-2-3-4-5-6-7-8-9-10-11-12-13-14-15-16-17-18-19-20-21-22(23)24;1-2-4-7-5-3-6/h2-21H2,1H3,(H,23,24);7H,2-6H2,1H3. The molecule has 188 valence electrons. The van der Waals surface area contributed by atoms with E-state index in [-0.39, 0.29) is 0 Å². The number of nitrogens with two attached hydrogens (primary N) is 1. The first-order chi connectivity index (χ1) is 15.2. The van der Waals surface area contributed by atoms with Gasteiger partial charge in [0.1, 0.15) is 0 Å². The maximum absolute atomic E-state index is 10.4. The second-order valence-corrected chi connectivity index (χ2v) is 9.05. The van der Waals surface area contributed by atoms with E-state index in [1.165, 1.54) is 116 Å². The summed E-state index contributed by atoms with van der Waals surface area (Å²) in [5.41, 5.74) is 5.21. The topological polar surface area (TPSA) is 75.3 Å². The molecule has 4 heteroatoms. The van der Waals surface area contributed by atoms with E-state index in [1.807, 2.05) is 0 Å². The molecule has 0 aromatic rings. The Hall–Kier alpha value is -0.610. The second kappa shape index (κ2) is 31.6. The Labute approximate surface area is 195 Å². The number of carboxylic acids is 1. The predicted octanol–water partition coefficient (Wildman–Crippen LogP) is 7.84. The average molecular weight is 443 g/mol. The molecular formula is C27H58N2O2. The van der Waals surface area contributed by atoms with Crippen molar-refractivity contribution in [2.45, 2.75) is 149 Å². The fourth-order valence-corrected chi connectivity index (χ4v) is 3.76. The van der Waals surface area contributed by atoms with Crippen LogP contribution >= 0.6 is 0 Å². The van der Waals surface area contributed by atoms with E-state index in [0.717, 1.165) is 32.5 Å². The minimum Gasteiger partial charge on any atom is -0.481 e. The summed E-state index contributed by atoms with van der Waals surface area (Å²) in [5, 5.41) is 11.7. The highest BCUT2D eigenvalue weighted by molar-refractivity contribution is 5.66. The van der Waals surface area contributed by atoms with Gasteiger partial charge in [0.05, 0.1) is 0 Å². The Balaban J connectivity index is 0. The molecule has 0 aromatic carbocycles. The van der Waals surface area contributed by atoms with Gasteiger partial charge in [0, 0.05) is 19.5 Å². The Morgan fingerprint density at radius 1 is 0.581 bits per heavy atom. The third-order valence-corrected chi connectivity index (χ3v) is 5.74. The van der Waals surface area contributed by atoms with Gasteiger partial charge in [0.2, 0.25) is 0 Å². The van der Waals surface area contributed by atoms with Gasteiger partial charge in [-0.15, -0.1) is 0 Å². The molecule has 0 aliphatic carbocycles. The highest BCUT2D eigenvalue weighted by Gasteiger charge is 1.97. The molecule has 0 aromatic heterocycles. The van der Waals surface area contributed by atoms with E-state index in [9.17, 15) is 4.79 Å². The van der Waals surface area contributed by atoms with Crippen LogP contribution in [0.5, 0.6) is 0 Å². The minimum atomic E-state index is -0.651. The molecule has 0 saturated carbocycles. The molecule has 4 N–H and O–H groups in total. The summed E-state index contributed by atoms with van der Waals surface area (Å²) in [7, 11) is 0. The van der Waals surface area contributed by atoms with Crippen LogP contribution in [0.25, 0.3) is 0 Å². The summed E-state index contributed by atoms with van der Waals surface area (Å²) in [4.78, 5) is 10.4. The number of hydrogen-bond acceptors (Lipinski definition) is 3. The van der Waals surface area contributed by atoms with Crippen LogP contribution in [0, 0.1) is 0 Å². The van der Waals surface area contributed by atoms with Crippen molar-refractivity contribution >= 4 is 5.97 Å². The van der Waals surface area contributed by atoms with Crippen LogP contribution in [0.15, 0.2) is 0 Å². The molecule has 0 aliphatic rings. The van der Waals surface area contributed by atoms with Crippen LogP contribution in [0.3, 0.4) is 0 Å². The smallest absolute Gasteiger partial charge is 0.303 e. The highest BCUT2D eigenvalue weighted by atomic mass is 16.4. The molecule has 31 heavy (non-hydrogen) atoms. The van der Waals surface area contributed by atoms with Crippen LogP contribution < -0.4 is 11.1 Å². The molecule has 0 atom stereocenters. The zero-order chi connectivity index (χ0) is 23.3. The normalized spacial score (nSPS) is 10.7. The Morgan fingerprint density at radius 3 is 1.23 bits per heavy atom. The van der Waals surface area contributed by atoms with Gasteiger partial charge in [-0.1, -0.05) is 129 Å². The van der Waals surface area contributed by atoms with Crippen LogP contribution in [-0.4, -0.2) is 30.7 Å². The van der Waals surface area contributed by atoms with Crippen molar-refractivity contribution in [2.75, 3.05) is 19.6 Å². The molecule has 0 bridgehead atoms. The molecule has 0 unspecified atom stereocenters. The maximum Gasteiger partial charge on any atom is 0.303 e. The molecule has 0 heterocycles. The average Bonchev–Trinajstić information content (AvgIpc) is 2.76. The van der Waals surface area contributed by atoms with Gasteiger partial charge in [-0.25, -0.2) is 0 Å². The van der Waals surface area contributed by atoms with Crippen molar-refractivity contribution < 1.29 is 9.90 Å². The van der Waals surface area contributed by atoms with Crippen LogP contribution in [0.4, 0.5) is 0 Å². The monoisotopic (exact) mass is 442 g/mol. The zero-order valence-electron chi connectivity index (χ0n) is 21.4. The molecule has 0 amide bonds. The lowest BCUT2D eigenvalue weighted by Crippen LogP contribution is -2.22. The summed E-state index contributed by atoms with van der Waals surface area (Å²) < 4.78 is 0. The summed E-state index contributed by atoms with van der Waals surface area (Å²) >= 11 is 0. The Morgan fingerprint density at radius 2 is 0.935 bits per heavy atom. The molecule has 0 spiro atoms. The number of aliphatic carboxylic acids is 1. The first-order valence-electron chi connectivity index (χ1n) is 13.8. The fourth-order valence-electron chi connectivity index (χ4n) is 3.76. The maximum atomic E-state index is 10.4. The predicted molar refractivity (Wildman–Crippen MR) is 138 cm³/mol. The molecule has 0 saturated heterocycles. The molecular weight excluding hydrogens is 384 g/mol. The van der Waals surface area contributed by atoms with E-state index in [4.69, 9.17) is 10.8 Å². The van der Waals surface area contributed by atoms with E-state index in [2.05, 4.69) is 19.2 Å². The third-order valence-electron chi connectivity index (χ3n) is 5.74. The molecule has 4 nitrogen and oxygen atoms in total. The quantitative estimate of drug-likeness (QED) is 0.133. The zero-order valence-corrected chi connectivity index (χ0v) is 21.4. The highest BCUT2D eigenvalue weighted by Crippen LogP contribution is 2.14. The van der Waals surface area contributed by atoms with Crippen LogP contribution in [0.1, 0.15) is 149 Å². The van der Waals surface area contributed by atoms with Gasteiger partial charge in [-0.05, 0) is 19.4 Å². The first-order valence-corrected chi connectivity index (χ1v) is 13.8. The summed E-state index contributed by atoms with van der Waals surface area (Å²) in [6.45, 7) is 7.22. The number of carboxylic acid groups (broad SMARTS) is 1. The number of unbranched alkanes of at least 4 members (excludes halogenated alkanes) is 18. The SMILES string of the molecule is CCCCCCCCCCCCCCCCCCCCCC(=O)O.CCCNCCN. The largest absolute Gasteiger partial charge is 0.481 e. The van der Waals surface area contributed by atoms with Crippen molar-refractivity contribution in [1.82, 2.24) is 5.32 Å². The Kier molecular flexibility index (Phi) is 33.2. The van der Waals surface area contributed by atoms with Crippen molar-refractivity contribution in [3.8, 4) is 0 Å². The van der Waals surface area contributed by atoms with Crippen molar-refractivity contribution in [2.24, 2.45) is 5.73 Å². The number of carbonyl (C=O) groups is 1. The fraction of sp³-hybridized carbons (Fsp3) is 0.963. The van der Waals surface area contributed by atoms with Crippen molar-refractivity contribution in [3.63, 3.8) is 0 Å². The summed E-state index contributed by atoms with van der Waals surface area (Å²) in [5.74, 6) is -0.651. The number of rotatable bonds is 24.